The van der Waals surface area contributed by atoms with Crippen LogP contribution in [-0.2, 0) is 4.79 Å². The highest BCUT2D eigenvalue weighted by atomic mass is 16.2. The minimum Gasteiger partial charge on any atom is -0.337 e. The van der Waals surface area contributed by atoms with Gasteiger partial charge in [-0.3, -0.25) is 4.79 Å². The Morgan fingerprint density at radius 1 is 1.28 bits per heavy atom. The molecule has 0 saturated carbocycles. The van der Waals surface area contributed by atoms with E-state index in [2.05, 4.69) is 39.0 Å². The second-order valence-corrected chi connectivity index (χ2v) is 4.75. The highest BCUT2D eigenvalue weighted by Gasteiger charge is 2.13. The van der Waals surface area contributed by atoms with Gasteiger partial charge in [0.25, 0.3) is 0 Å². The summed E-state index contributed by atoms with van der Waals surface area (Å²) in [5.41, 5.74) is 2.43. The number of hydrogen-bond donors (Lipinski definition) is 0. The van der Waals surface area contributed by atoms with Crippen LogP contribution >= 0.6 is 0 Å². The van der Waals surface area contributed by atoms with Crippen LogP contribution in [0.25, 0.3) is 5.57 Å². The van der Waals surface area contributed by atoms with E-state index in [1.807, 2.05) is 30.0 Å². The standard InChI is InChI=1S/C16H23NO/c1-5-16(18)17(13(2)3)12-11-14(4)15-9-7-6-8-10-15/h6-11,13H,5,12H2,1-4H3/b14-11-. The molecule has 0 aliphatic heterocycles. The number of nitrogens with zero attached hydrogens (tertiary/aromatic N) is 1. The van der Waals surface area contributed by atoms with Crippen LogP contribution in [-0.4, -0.2) is 23.4 Å². The normalized spacial score (nSPS) is 11.7. The first-order valence-electron chi connectivity index (χ1n) is 6.58. The molecule has 0 atom stereocenters. The quantitative estimate of drug-likeness (QED) is 0.774. The molecule has 0 radical (unpaired) electrons. The average molecular weight is 245 g/mol. The molecule has 0 aliphatic carbocycles. The third kappa shape index (κ3) is 4.02. The van der Waals surface area contributed by atoms with E-state index in [1.54, 1.807) is 0 Å². The van der Waals surface area contributed by atoms with Crippen molar-refractivity contribution < 1.29 is 4.79 Å². The van der Waals surface area contributed by atoms with Gasteiger partial charge in [0, 0.05) is 19.0 Å². The zero-order chi connectivity index (χ0) is 13.5. The third-order valence-electron chi connectivity index (χ3n) is 3.07. The van der Waals surface area contributed by atoms with Crippen LogP contribution in [0.5, 0.6) is 0 Å². The predicted octanol–water partition coefficient (Wildman–Crippen LogP) is 3.74. The van der Waals surface area contributed by atoms with Crippen molar-refractivity contribution in [2.45, 2.75) is 40.2 Å². The Morgan fingerprint density at radius 2 is 1.89 bits per heavy atom. The first-order valence-corrected chi connectivity index (χ1v) is 6.58. The van der Waals surface area contributed by atoms with Gasteiger partial charge in [-0.1, -0.05) is 43.3 Å². The molecule has 18 heavy (non-hydrogen) atoms. The molecule has 0 aliphatic rings. The number of rotatable bonds is 5. The molecule has 2 nitrogen and oxygen atoms in total. The Bertz CT molecular complexity index is 406. The molecule has 1 aromatic carbocycles. The summed E-state index contributed by atoms with van der Waals surface area (Å²) in [5.74, 6) is 0.210. The van der Waals surface area contributed by atoms with Gasteiger partial charge in [0.15, 0.2) is 0 Å². The van der Waals surface area contributed by atoms with Crippen molar-refractivity contribution in [1.29, 1.82) is 0 Å². The number of benzene rings is 1. The zero-order valence-electron chi connectivity index (χ0n) is 11.8. The lowest BCUT2D eigenvalue weighted by Gasteiger charge is -2.25. The van der Waals surface area contributed by atoms with Crippen LogP contribution in [0.2, 0.25) is 0 Å². The van der Waals surface area contributed by atoms with E-state index in [0.29, 0.717) is 13.0 Å². The fourth-order valence-corrected chi connectivity index (χ4v) is 1.86. The smallest absolute Gasteiger partial charge is 0.222 e. The molecule has 0 fully saturated rings. The van der Waals surface area contributed by atoms with Crippen LogP contribution in [0, 0.1) is 0 Å². The van der Waals surface area contributed by atoms with Gasteiger partial charge in [-0.25, -0.2) is 0 Å². The van der Waals surface area contributed by atoms with Gasteiger partial charge in [-0.05, 0) is 31.9 Å². The summed E-state index contributed by atoms with van der Waals surface area (Å²) in [6.07, 6.45) is 2.69. The van der Waals surface area contributed by atoms with Gasteiger partial charge in [-0.2, -0.15) is 0 Å². The summed E-state index contributed by atoms with van der Waals surface area (Å²) in [6.45, 7) is 8.79. The second kappa shape index (κ2) is 7.00. The highest BCUT2D eigenvalue weighted by Crippen LogP contribution is 2.13. The maximum Gasteiger partial charge on any atom is 0.222 e. The van der Waals surface area contributed by atoms with Crippen molar-refractivity contribution in [1.82, 2.24) is 4.90 Å². The molecule has 0 saturated heterocycles. The van der Waals surface area contributed by atoms with Gasteiger partial charge in [0.05, 0.1) is 0 Å². The Kier molecular flexibility index (Phi) is 5.63. The van der Waals surface area contributed by atoms with E-state index in [4.69, 9.17) is 0 Å². The number of allylic oxidation sites excluding steroid dienone is 1. The van der Waals surface area contributed by atoms with Crippen molar-refractivity contribution in [3.05, 3.63) is 42.0 Å². The summed E-state index contributed by atoms with van der Waals surface area (Å²) >= 11 is 0. The van der Waals surface area contributed by atoms with Crippen LogP contribution < -0.4 is 0 Å². The number of amides is 1. The number of carbonyl (C=O) groups is 1. The lowest BCUT2D eigenvalue weighted by molar-refractivity contribution is -0.131. The van der Waals surface area contributed by atoms with Gasteiger partial charge >= 0.3 is 0 Å². The summed E-state index contributed by atoms with van der Waals surface area (Å²) in [6, 6.07) is 10.5. The summed E-state index contributed by atoms with van der Waals surface area (Å²) in [5, 5.41) is 0. The van der Waals surface area contributed by atoms with Gasteiger partial charge in [0.1, 0.15) is 0 Å². The monoisotopic (exact) mass is 245 g/mol. The van der Waals surface area contributed by atoms with Crippen LogP contribution in [0.4, 0.5) is 0 Å². The zero-order valence-corrected chi connectivity index (χ0v) is 11.8. The molecule has 0 unspecified atom stereocenters. The van der Waals surface area contributed by atoms with Crippen molar-refractivity contribution in [2.75, 3.05) is 6.54 Å². The molecule has 0 aromatic heterocycles. The fraction of sp³-hybridized carbons (Fsp3) is 0.438. The van der Waals surface area contributed by atoms with E-state index in [0.717, 1.165) is 0 Å². The topological polar surface area (TPSA) is 20.3 Å². The lowest BCUT2D eigenvalue weighted by atomic mass is 10.1. The molecule has 98 valence electrons. The molecular weight excluding hydrogens is 222 g/mol. The number of carbonyl (C=O) groups excluding carboxylic acids is 1. The fourth-order valence-electron chi connectivity index (χ4n) is 1.86. The van der Waals surface area contributed by atoms with Gasteiger partial charge in [-0.15, -0.1) is 0 Å². The molecule has 1 amide bonds. The minimum atomic E-state index is 0.210. The van der Waals surface area contributed by atoms with Crippen molar-refractivity contribution in [3.63, 3.8) is 0 Å². The molecule has 0 bridgehead atoms. The molecule has 0 heterocycles. The van der Waals surface area contributed by atoms with Crippen molar-refractivity contribution in [2.24, 2.45) is 0 Å². The van der Waals surface area contributed by atoms with Gasteiger partial charge < -0.3 is 4.90 Å². The van der Waals surface area contributed by atoms with Crippen LogP contribution in [0.3, 0.4) is 0 Å². The first kappa shape index (κ1) is 14.5. The Hall–Kier alpha value is -1.57. The first-order chi connectivity index (χ1) is 8.56. The maximum absolute atomic E-state index is 11.8. The maximum atomic E-state index is 11.8. The number of hydrogen-bond acceptors (Lipinski definition) is 1. The van der Waals surface area contributed by atoms with Crippen molar-refractivity contribution in [3.8, 4) is 0 Å². The molecule has 0 N–H and O–H groups in total. The van der Waals surface area contributed by atoms with Crippen LogP contribution in [0.1, 0.15) is 39.7 Å². The molecular formula is C16H23NO. The lowest BCUT2D eigenvalue weighted by Crippen LogP contribution is -2.36. The average Bonchev–Trinajstić information content (AvgIpc) is 2.39. The molecule has 1 aromatic rings. The van der Waals surface area contributed by atoms with Crippen molar-refractivity contribution >= 4 is 11.5 Å². The molecule has 2 heteroatoms. The largest absolute Gasteiger partial charge is 0.337 e. The van der Waals surface area contributed by atoms with Gasteiger partial charge in [0.2, 0.25) is 5.91 Å². The minimum absolute atomic E-state index is 0.210. The summed E-state index contributed by atoms with van der Waals surface area (Å²) < 4.78 is 0. The summed E-state index contributed by atoms with van der Waals surface area (Å²) in [4.78, 5) is 13.7. The predicted molar refractivity (Wildman–Crippen MR) is 77.2 cm³/mol. The van der Waals surface area contributed by atoms with E-state index in [9.17, 15) is 4.79 Å². The van der Waals surface area contributed by atoms with E-state index in [1.165, 1.54) is 11.1 Å². The Labute approximate surface area is 110 Å². The van der Waals surface area contributed by atoms with Crippen LogP contribution in [0.15, 0.2) is 36.4 Å². The Balaban J connectivity index is 2.75. The van der Waals surface area contributed by atoms with E-state index in [-0.39, 0.29) is 11.9 Å². The summed E-state index contributed by atoms with van der Waals surface area (Å²) in [7, 11) is 0. The van der Waals surface area contributed by atoms with E-state index >= 15 is 0 Å². The second-order valence-electron chi connectivity index (χ2n) is 4.75. The molecule has 1 rings (SSSR count). The van der Waals surface area contributed by atoms with E-state index < -0.39 is 0 Å². The third-order valence-corrected chi connectivity index (χ3v) is 3.07. The highest BCUT2D eigenvalue weighted by molar-refractivity contribution is 5.76. The Morgan fingerprint density at radius 3 is 2.39 bits per heavy atom. The SMILES string of the molecule is CCC(=O)N(C/C=C(/C)c1ccccc1)C(C)C. The molecule has 0 spiro atoms.